The number of benzene rings is 2. The van der Waals surface area contributed by atoms with Crippen LogP contribution in [0, 0.1) is 25.7 Å². The molecule has 8 rings (SSSR count). The second-order valence-electron chi connectivity index (χ2n) is 16.9. The Labute approximate surface area is 374 Å². The molecule has 4 aliphatic heterocycles. The van der Waals surface area contributed by atoms with Crippen LogP contribution in [0.4, 0.5) is 9.59 Å². The third-order valence-electron chi connectivity index (χ3n) is 12.6. The molecule has 0 amide bonds. The van der Waals surface area contributed by atoms with Crippen LogP contribution in [0.25, 0.3) is 33.1 Å². The largest absolute Gasteiger partial charge is 0.509 e. The second kappa shape index (κ2) is 17.3. The van der Waals surface area contributed by atoms with Gasteiger partial charge < -0.3 is 56.6 Å². The number of allylic oxidation sites excluding steroid dienone is 2. The summed E-state index contributed by atoms with van der Waals surface area (Å²) in [6, 6.07) is 6.66. The standard InChI is InChI=1S/C26H28O8.C23H24O8/c1-8-12-29-21-16-10-11-17(14(5)19(16)31-23(27)18(21)13(3)4)30-24-22-20(32-25(28)33-22)15(6)26(7,9-2)34-24;1-7-23(6)12(5)18-19(30-22(26)29-18)21(31-23)27-14-9-8-13-16(24)15(10(2)3)20(25)28-17(13)11(14)4/h8-11,15,20,22,24H,1-3,12H2,4-7H3;7-9,12,18-19,21,24H,1-2H2,3-6H3/t15-,20-,22-,24?,26+;12-,18-,19-,21?,23+/m11/s1. The van der Waals surface area contributed by atoms with E-state index >= 15 is 0 Å². The van der Waals surface area contributed by atoms with E-state index < -0.39 is 71.8 Å². The SMILES string of the molecule is C=CCOc1c(C(=C)C)c(=O)oc2c(C)c(OC3O[C@@](C)(C=C)[C@H](C)[C@H]4OC(=O)O[C@@H]34)ccc12.C=C[C@]1(C)OC(Oc2ccc3c(O)c(C(=C)C)c(=O)oc3c2C)[C@@H]2OC(=O)O[C@@H]2[C@H]1C. The van der Waals surface area contributed by atoms with Crippen LogP contribution in [0.15, 0.2) is 93.8 Å². The van der Waals surface area contributed by atoms with Crippen LogP contribution >= 0.6 is 0 Å². The highest BCUT2D eigenvalue weighted by Gasteiger charge is 2.58. The first kappa shape index (κ1) is 46.2. The lowest BCUT2D eigenvalue weighted by Gasteiger charge is -2.45. The van der Waals surface area contributed by atoms with E-state index in [4.69, 9.17) is 51.5 Å². The molecule has 0 aliphatic carbocycles. The van der Waals surface area contributed by atoms with Gasteiger partial charge in [-0.25, -0.2) is 19.2 Å². The maximum atomic E-state index is 12.8. The summed E-state index contributed by atoms with van der Waals surface area (Å²) in [5.74, 6) is 0.477. The van der Waals surface area contributed by atoms with E-state index in [1.54, 1.807) is 70.2 Å². The topological polar surface area (TPSA) is 198 Å². The molecule has 16 heteroatoms. The highest BCUT2D eigenvalue weighted by atomic mass is 16.8. The molecule has 4 fully saturated rings. The van der Waals surface area contributed by atoms with Crippen molar-refractivity contribution in [3.05, 3.63) is 118 Å². The van der Waals surface area contributed by atoms with Gasteiger partial charge in [0.2, 0.25) is 24.8 Å². The van der Waals surface area contributed by atoms with Gasteiger partial charge >= 0.3 is 23.6 Å². The Morgan fingerprint density at radius 2 is 1.09 bits per heavy atom. The van der Waals surface area contributed by atoms with E-state index in [9.17, 15) is 24.3 Å². The van der Waals surface area contributed by atoms with Crippen LogP contribution in [-0.4, -0.2) is 72.2 Å². The van der Waals surface area contributed by atoms with Crippen LogP contribution in [0.5, 0.6) is 23.0 Å². The molecular weight excluding hydrogens is 845 g/mol. The molecule has 2 unspecified atom stereocenters. The van der Waals surface area contributed by atoms with Crippen molar-refractivity contribution < 1.29 is 66.2 Å². The number of hydrogen-bond acceptors (Lipinski definition) is 16. The molecule has 0 spiro atoms. The lowest BCUT2D eigenvalue weighted by molar-refractivity contribution is -0.249. The van der Waals surface area contributed by atoms with E-state index in [0.717, 1.165) is 0 Å². The molecule has 4 aliphatic rings. The van der Waals surface area contributed by atoms with Crippen molar-refractivity contribution in [1.29, 1.82) is 0 Å². The zero-order valence-corrected chi connectivity index (χ0v) is 37.5. The number of aryl methyl sites for hydroxylation is 2. The summed E-state index contributed by atoms with van der Waals surface area (Å²) in [6.07, 6.45) is -1.31. The average Bonchev–Trinajstić information content (AvgIpc) is 3.85. The molecular formula is C49H52O16. The summed E-state index contributed by atoms with van der Waals surface area (Å²) in [4.78, 5) is 48.8. The Bertz CT molecular complexity index is 2780. The van der Waals surface area contributed by atoms with Crippen molar-refractivity contribution in [2.45, 2.75) is 104 Å². The van der Waals surface area contributed by atoms with E-state index in [1.807, 2.05) is 27.7 Å². The first-order chi connectivity index (χ1) is 30.7. The van der Waals surface area contributed by atoms with Crippen LogP contribution in [0.3, 0.4) is 0 Å². The Balaban J connectivity index is 0.000000195. The van der Waals surface area contributed by atoms with E-state index in [0.29, 0.717) is 55.9 Å². The van der Waals surface area contributed by atoms with Crippen molar-refractivity contribution in [3.63, 3.8) is 0 Å². The summed E-state index contributed by atoms with van der Waals surface area (Å²) in [7, 11) is 0. The molecule has 4 aromatic rings. The van der Waals surface area contributed by atoms with E-state index in [1.165, 1.54) is 0 Å². The molecule has 10 atom stereocenters. The summed E-state index contributed by atoms with van der Waals surface area (Å²) in [5.41, 5.74) is -0.184. The quantitative estimate of drug-likeness (QED) is 0.0849. The molecule has 0 radical (unpaired) electrons. The second-order valence-corrected chi connectivity index (χ2v) is 16.9. The molecule has 0 saturated carbocycles. The monoisotopic (exact) mass is 896 g/mol. The van der Waals surface area contributed by atoms with Crippen molar-refractivity contribution in [2.24, 2.45) is 11.8 Å². The summed E-state index contributed by atoms with van der Waals surface area (Å²) in [5, 5.41) is 11.5. The number of carbonyl (C=O) groups excluding carboxylic acids is 2. The van der Waals surface area contributed by atoms with Gasteiger partial charge in [0.15, 0.2) is 12.2 Å². The predicted octanol–water partition coefficient (Wildman–Crippen LogP) is 8.98. The van der Waals surface area contributed by atoms with Crippen molar-refractivity contribution in [1.82, 2.24) is 0 Å². The van der Waals surface area contributed by atoms with Crippen LogP contribution in [0.2, 0.25) is 0 Å². The van der Waals surface area contributed by atoms with Crippen LogP contribution in [-0.2, 0) is 28.4 Å². The fourth-order valence-corrected chi connectivity index (χ4v) is 8.38. The molecule has 0 bridgehead atoms. The number of aromatic hydroxyl groups is 1. The molecule has 1 N–H and O–H groups in total. The highest BCUT2D eigenvalue weighted by Crippen LogP contribution is 2.45. The van der Waals surface area contributed by atoms with Crippen LogP contribution < -0.4 is 25.5 Å². The third-order valence-corrected chi connectivity index (χ3v) is 12.6. The Kier molecular flexibility index (Phi) is 12.3. The Morgan fingerprint density at radius 1 is 0.677 bits per heavy atom. The molecule has 344 valence electrons. The first-order valence-corrected chi connectivity index (χ1v) is 20.8. The minimum atomic E-state index is -0.984. The number of ether oxygens (including phenoxy) is 9. The van der Waals surface area contributed by atoms with Gasteiger partial charge in [-0.15, -0.1) is 13.2 Å². The molecule has 2 aromatic carbocycles. The van der Waals surface area contributed by atoms with Gasteiger partial charge in [0.1, 0.15) is 51.9 Å². The van der Waals surface area contributed by atoms with Crippen molar-refractivity contribution in [2.75, 3.05) is 6.61 Å². The van der Waals surface area contributed by atoms with Gasteiger partial charge in [-0.2, -0.15) is 0 Å². The van der Waals surface area contributed by atoms with Gasteiger partial charge in [-0.3, -0.25) is 0 Å². The van der Waals surface area contributed by atoms with Crippen LogP contribution in [0.1, 0.15) is 63.8 Å². The van der Waals surface area contributed by atoms with E-state index in [-0.39, 0.29) is 40.9 Å². The fourth-order valence-electron chi connectivity index (χ4n) is 8.38. The molecule has 16 nitrogen and oxygen atoms in total. The van der Waals surface area contributed by atoms with Gasteiger partial charge in [-0.1, -0.05) is 51.8 Å². The minimum absolute atomic E-state index is 0.0322. The highest BCUT2D eigenvalue weighted by molar-refractivity contribution is 5.92. The van der Waals surface area contributed by atoms with E-state index in [2.05, 4.69) is 32.9 Å². The first-order valence-electron chi connectivity index (χ1n) is 20.8. The maximum absolute atomic E-state index is 12.8. The summed E-state index contributed by atoms with van der Waals surface area (Å²) >= 11 is 0. The van der Waals surface area contributed by atoms with Crippen molar-refractivity contribution in [3.8, 4) is 23.0 Å². The molecule has 4 saturated heterocycles. The van der Waals surface area contributed by atoms with Gasteiger partial charge in [-0.05, 0) is 77.0 Å². The zero-order valence-electron chi connectivity index (χ0n) is 37.5. The third kappa shape index (κ3) is 8.05. The Hall–Kier alpha value is -6.78. The zero-order chi connectivity index (χ0) is 47.4. The maximum Gasteiger partial charge on any atom is 0.509 e. The van der Waals surface area contributed by atoms with Crippen molar-refractivity contribution >= 4 is 45.4 Å². The number of carbonyl (C=O) groups is 2. The fraction of sp³-hybridized carbons (Fsp3) is 0.388. The Morgan fingerprint density at radius 3 is 1.52 bits per heavy atom. The summed E-state index contributed by atoms with van der Waals surface area (Å²) in [6.45, 7) is 33.4. The molecule has 6 heterocycles. The van der Waals surface area contributed by atoms with Gasteiger partial charge in [0.25, 0.3) is 0 Å². The lowest BCUT2D eigenvalue weighted by Crippen LogP contribution is -2.58. The lowest BCUT2D eigenvalue weighted by atomic mass is 9.81. The summed E-state index contributed by atoms with van der Waals surface area (Å²) < 4.78 is 62.8. The smallest absolute Gasteiger partial charge is 0.506 e. The number of fused-ring (bicyclic) bond motifs is 4. The average molecular weight is 897 g/mol. The molecule has 65 heavy (non-hydrogen) atoms. The predicted molar refractivity (Wildman–Crippen MR) is 238 cm³/mol. The number of rotatable bonds is 11. The van der Waals surface area contributed by atoms with Gasteiger partial charge in [0.05, 0.1) is 22.0 Å². The van der Waals surface area contributed by atoms with Gasteiger partial charge in [0, 0.05) is 23.0 Å². The minimum Gasteiger partial charge on any atom is -0.506 e. The number of hydrogen-bond donors (Lipinski definition) is 1. The molecule has 2 aromatic heterocycles. The normalized spacial score (nSPS) is 28.8.